The lowest BCUT2D eigenvalue weighted by molar-refractivity contribution is 0.0698. The van der Waals surface area contributed by atoms with Gasteiger partial charge in [0.1, 0.15) is 5.82 Å². The molecule has 0 bridgehead atoms. The number of nitrogens with zero attached hydrogens (tertiary/aromatic N) is 4. The fraction of sp³-hybridized carbons (Fsp3) is 0.536. The summed E-state index contributed by atoms with van der Waals surface area (Å²) < 4.78 is 20.6. The average Bonchev–Trinajstić information content (AvgIpc) is 3.43. The molecule has 7 heteroatoms. The van der Waals surface area contributed by atoms with Crippen LogP contribution in [0.5, 0.6) is 0 Å². The Kier molecular flexibility index (Phi) is 7.42. The smallest absolute Gasteiger partial charge is 0.258 e. The van der Waals surface area contributed by atoms with Crippen molar-refractivity contribution in [1.82, 2.24) is 14.9 Å². The third-order valence-corrected chi connectivity index (χ3v) is 7.50. The van der Waals surface area contributed by atoms with E-state index in [4.69, 9.17) is 14.7 Å². The molecule has 1 aromatic carbocycles. The highest BCUT2D eigenvalue weighted by Gasteiger charge is 2.33. The number of morpholine rings is 1. The first-order valence-electron chi connectivity index (χ1n) is 13.1. The van der Waals surface area contributed by atoms with E-state index in [1.165, 1.54) is 24.5 Å². The molecule has 0 unspecified atom stereocenters. The van der Waals surface area contributed by atoms with Crippen LogP contribution in [0, 0.1) is 12.7 Å². The quantitative estimate of drug-likeness (QED) is 0.527. The van der Waals surface area contributed by atoms with Crippen molar-refractivity contribution >= 4 is 11.9 Å². The Bertz CT molecular complexity index is 1090. The third kappa shape index (κ3) is 5.25. The van der Waals surface area contributed by atoms with Crippen LogP contribution >= 0.6 is 0 Å². The van der Waals surface area contributed by atoms with Crippen LogP contribution in [0.15, 0.2) is 35.9 Å². The van der Waals surface area contributed by atoms with Gasteiger partial charge >= 0.3 is 0 Å². The van der Waals surface area contributed by atoms with E-state index in [-0.39, 0.29) is 17.8 Å². The largest absolute Gasteiger partial charge is 0.378 e. The molecule has 35 heavy (non-hydrogen) atoms. The molecule has 1 aromatic heterocycles. The highest BCUT2D eigenvalue weighted by molar-refractivity contribution is 6.01. The molecular weight excluding hydrogens is 443 g/mol. The Morgan fingerprint density at radius 2 is 1.89 bits per heavy atom. The van der Waals surface area contributed by atoms with Crippen molar-refractivity contribution in [2.75, 3.05) is 37.7 Å². The summed E-state index contributed by atoms with van der Waals surface area (Å²) in [6.07, 6.45) is 11.1. The van der Waals surface area contributed by atoms with Gasteiger partial charge in [0.2, 0.25) is 5.95 Å². The van der Waals surface area contributed by atoms with Gasteiger partial charge in [-0.3, -0.25) is 4.79 Å². The molecule has 1 saturated heterocycles. The maximum Gasteiger partial charge on any atom is 0.258 e. The molecule has 0 radical (unpaired) electrons. The topological polar surface area (TPSA) is 58.6 Å². The van der Waals surface area contributed by atoms with Gasteiger partial charge in [0.05, 0.1) is 30.2 Å². The van der Waals surface area contributed by atoms with Crippen molar-refractivity contribution in [3.05, 3.63) is 53.0 Å². The van der Waals surface area contributed by atoms with Crippen molar-refractivity contribution in [3.63, 3.8) is 0 Å². The molecule has 5 rings (SSSR count). The lowest BCUT2D eigenvalue weighted by Crippen LogP contribution is -2.41. The number of hydrogen-bond donors (Lipinski definition) is 0. The molecule has 2 aromatic rings. The van der Waals surface area contributed by atoms with Gasteiger partial charge in [-0.15, -0.1) is 0 Å². The standard InChI is InChI=1S/C28H35FN4O2/c1-20-25(27(34)33(22-11-5-6-12-22)19-21-9-3-2-4-10-21)26(23-13-7-8-14-24(23)29)31-28(30-20)32-15-17-35-18-16-32/h7-9,13-14,22H,2-6,10-12,15-19H2,1H3. The lowest BCUT2D eigenvalue weighted by Gasteiger charge is -2.32. The minimum absolute atomic E-state index is 0.0762. The number of aryl methyl sites for hydroxylation is 1. The third-order valence-electron chi connectivity index (χ3n) is 7.50. The number of ether oxygens (including phenoxy) is 1. The molecule has 2 fully saturated rings. The van der Waals surface area contributed by atoms with Gasteiger partial charge in [0.15, 0.2) is 0 Å². The first-order valence-corrected chi connectivity index (χ1v) is 13.1. The summed E-state index contributed by atoms with van der Waals surface area (Å²) in [5.74, 6) is 0.0747. The Morgan fingerprint density at radius 3 is 2.60 bits per heavy atom. The molecule has 1 saturated carbocycles. The highest BCUT2D eigenvalue weighted by Crippen LogP contribution is 2.33. The molecule has 2 aliphatic carbocycles. The molecule has 0 atom stereocenters. The van der Waals surface area contributed by atoms with E-state index in [2.05, 4.69) is 11.0 Å². The van der Waals surface area contributed by atoms with E-state index in [9.17, 15) is 4.79 Å². The van der Waals surface area contributed by atoms with Gasteiger partial charge in [-0.1, -0.05) is 36.6 Å². The van der Waals surface area contributed by atoms with Crippen LogP contribution < -0.4 is 4.90 Å². The number of carbonyl (C=O) groups is 1. The highest BCUT2D eigenvalue weighted by atomic mass is 19.1. The second-order valence-corrected chi connectivity index (χ2v) is 9.89. The number of carbonyl (C=O) groups excluding carboxylic acids is 1. The summed E-state index contributed by atoms with van der Waals surface area (Å²) in [5, 5.41) is 0. The average molecular weight is 479 g/mol. The Morgan fingerprint density at radius 1 is 1.11 bits per heavy atom. The van der Waals surface area contributed by atoms with Crippen LogP contribution in [0.3, 0.4) is 0 Å². The van der Waals surface area contributed by atoms with Gasteiger partial charge in [-0.25, -0.2) is 14.4 Å². The number of anilines is 1. The van der Waals surface area contributed by atoms with Crippen LogP contribution in [0.4, 0.5) is 10.3 Å². The zero-order valence-electron chi connectivity index (χ0n) is 20.6. The summed E-state index contributed by atoms with van der Waals surface area (Å²) in [6, 6.07) is 6.80. The van der Waals surface area contributed by atoms with Crippen LogP contribution in [-0.4, -0.2) is 59.7 Å². The van der Waals surface area contributed by atoms with Crippen molar-refractivity contribution in [1.29, 1.82) is 0 Å². The minimum atomic E-state index is -0.380. The van der Waals surface area contributed by atoms with Gasteiger partial charge in [-0.05, 0) is 57.6 Å². The van der Waals surface area contributed by atoms with Crippen LogP contribution in [0.2, 0.25) is 0 Å². The van der Waals surface area contributed by atoms with Crippen LogP contribution in [-0.2, 0) is 4.74 Å². The van der Waals surface area contributed by atoms with E-state index < -0.39 is 0 Å². The first-order chi connectivity index (χ1) is 17.1. The van der Waals surface area contributed by atoms with Crippen LogP contribution in [0.25, 0.3) is 11.3 Å². The summed E-state index contributed by atoms with van der Waals surface area (Å²) in [6.45, 7) is 5.05. The lowest BCUT2D eigenvalue weighted by atomic mass is 9.97. The maximum atomic E-state index is 15.1. The second-order valence-electron chi connectivity index (χ2n) is 9.89. The molecular formula is C28H35FN4O2. The SMILES string of the molecule is Cc1nc(N2CCOCC2)nc(-c2ccccc2F)c1C(=O)N(CC1=CCCCC1)C1CCCC1. The van der Waals surface area contributed by atoms with Gasteiger partial charge < -0.3 is 14.5 Å². The predicted octanol–water partition coefficient (Wildman–Crippen LogP) is 5.31. The second kappa shape index (κ2) is 10.9. The van der Waals surface area contributed by atoms with Gasteiger partial charge in [0, 0.05) is 31.2 Å². The number of hydrogen-bond acceptors (Lipinski definition) is 5. The first kappa shape index (κ1) is 23.9. The Balaban J connectivity index is 1.58. The summed E-state index contributed by atoms with van der Waals surface area (Å²) >= 11 is 0. The minimum Gasteiger partial charge on any atom is -0.378 e. The Hall–Kier alpha value is -2.80. The number of allylic oxidation sites excluding steroid dienone is 1. The number of aromatic nitrogens is 2. The summed E-state index contributed by atoms with van der Waals surface area (Å²) in [7, 11) is 0. The van der Waals surface area contributed by atoms with E-state index >= 15 is 4.39 Å². The number of halogens is 1. The number of benzene rings is 1. The predicted molar refractivity (Wildman–Crippen MR) is 135 cm³/mol. The van der Waals surface area contributed by atoms with Crippen molar-refractivity contribution in [2.24, 2.45) is 0 Å². The molecule has 1 amide bonds. The molecule has 6 nitrogen and oxygen atoms in total. The van der Waals surface area contributed by atoms with E-state index in [1.807, 2.05) is 11.8 Å². The molecule has 186 valence electrons. The molecule has 0 spiro atoms. The summed E-state index contributed by atoms with van der Waals surface area (Å²) in [4.78, 5) is 28.0. The van der Waals surface area contributed by atoms with Gasteiger partial charge in [0.25, 0.3) is 5.91 Å². The Labute approximate surface area is 207 Å². The van der Waals surface area contributed by atoms with Crippen molar-refractivity contribution in [2.45, 2.75) is 64.3 Å². The van der Waals surface area contributed by atoms with E-state index in [1.54, 1.807) is 18.2 Å². The van der Waals surface area contributed by atoms with E-state index in [0.717, 1.165) is 38.5 Å². The molecule has 3 aliphatic rings. The normalized spacial score (nSPS) is 19.0. The molecule has 2 heterocycles. The van der Waals surface area contributed by atoms with Crippen molar-refractivity contribution in [3.8, 4) is 11.3 Å². The fourth-order valence-electron chi connectivity index (χ4n) is 5.56. The maximum absolute atomic E-state index is 15.1. The molecule has 1 aliphatic heterocycles. The van der Waals surface area contributed by atoms with Gasteiger partial charge in [-0.2, -0.15) is 0 Å². The zero-order valence-corrected chi connectivity index (χ0v) is 20.6. The number of rotatable bonds is 6. The fourth-order valence-corrected chi connectivity index (χ4v) is 5.56. The van der Waals surface area contributed by atoms with E-state index in [0.29, 0.717) is 61.3 Å². The van der Waals surface area contributed by atoms with Crippen molar-refractivity contribution < 1.29 is 13.9 Å². The monoisotopic (exact) mass is 478 g/mol. The summed E-state index contributed by atoms with van der Waals surface area (Å²) in [5.41, 5.74) is 3.11. The zero-order chi connectivity index (χ0) is 24.2. The van der Waals surface area contributed by atoms with Crippen LogP contribution in [0.1, 0.15) is 67.4 Å². The number of amides is 1. The molecule has 0 N–H and O–H groups in total.